The summed E-state index contributed by atoms with van der Waals surface area (Å²) in [7, 11) is 1.92. The molecule has 2 heterocycles. The van der Waals surface area contributed by atoms with Gasteiger partial charge in [-0.2, -0.15) is 5.10 Å². The van der Waals surface area contributed by atoms with E-state index in [0.29, 0.717) is 12.5 Å². The average Bonchev–Trinajstić information content (AvgIpc) is 2.91. The zero-order valence-electron chi connectivity index (χ0n) is 11.5. The maximum Gasteiger partial charge on any atom is 0.202 e. The number of aromatic nitrogens is 4. The average molecular weight is 290 g/mol. The molecule has 0 saturated heterocycles. The van der Waals surface area contributed by atoms with Gasteiger partial charge >= 0.3 is 0 Å². The Kier molecular flexibility index (Phi) is 3.14. The lowest BCUT2D eigenvalue weighted by molar-refractivity contribution is 0.719. The van der Waals surface area contributed by atoms with Crippen molar-refractivity contribution in [3.05, 3.63) is 40.5 Å². The van der Waals surface area contributed by atoms with E-state index in [1.54, 1.807) is 0 Å². The van der Waals surface area contributed by atoms with Gasteiger partial charge in [0.1, 0.15) is 5.52 Å². The molecule has 1 aromatic carbocycles. The molecule has 5 nitrogen and oxygen atoms in total. The van der Waals surface area contributed by atoms with Gasteiger partial charge in [0.05, 0.1) is 12.2 Å². The highest BCUT2D eigenvalue weighted by Gasteiger charge is 2.16. The number of benzene rings is 1. The normalized spacial score (nSPS) is 11.3. The van der Waals surface area contributed by atoms with Gasteiger partial charge in [-0.05, 0) is 24.1 Å². The van der Waals surface area contributed by atoms with Gasteiger partial charge in [0.25, 0.3) is 0 Å². The van der Waals surface area contributed by atoms with E-state index in [1.165, 1.54) is 0 Å². The van der Waals surface area contributed by atoms with Gasteiger partial charge in [-0.25, -0.2) is 4.98 Å². The SMILES string of the molecule is CCc1nn(C)c2c1nc(N)n2Cc1ccc(Cl)cc1. The summed E-state index contributed by atoms with van der Waals surface area (Å²) in [4.78, 5) is 4.45. The van der Waals surface area contributed by atoms with Crippen molar-refractivity contribution in [3.8, 4) is 0 Å². The summed E-state index contributed by atoms with van der Waals surface area (Å²) < 4.78 is 3.82. The van der Waals surface area contributed by atoms with Crippen molar-refractivity contribution in [1.29, 1.82) is 0 Å². The third kappa shape index (κ3) is 2.04. The zero-order valence-corrected chi connectivity index (χ0v) is 12.2. The van der Waals surface area contributed by atoms with Crippen LogP contribution in [0.2, 0.25) is 5.02 Å². The molecule has 0 spiro atoms. The lowest BCUT2D eigenvalue weighted by Crippen LogP contribution is -2.08. The maximum absolute atomic E-state index is 6.05. The number of halogens is 1. The maximum atomic E-state index is 6.05. The van der Waals surface area contributed by atoms with Gasteiger partial charge in [-0.3, -0.25) is 9.25 Å². The van der Waals surface area contributed by atoms with Gasteiger partial charge in [0.15, 0.2) is 5.65 Å². The fraction of sp³-hybridized carbons (Fsp3) is 0.286. The number of nitrogens with zero attached hydrogens (tertiary/aromatic N) is 4. The monoisotopic (exact) mass is 289 g/mol. The van der Waals surface area contributed by atoms with Gasteiger partial charge in [0.2, 0.25) is 5.95 Å². The molecule has 0 radical (unpaired) electrons. The molecule has 0 aliphatic rings. The van der Waals surface area contributed by atoms with Gasteiger partial charge in [-0.1, -0.05) is 30.7 Å². The van der Waals surface area contributed by atoms with Crippen LogP contribution in [0.15, 0.2) is 24.3 Å². The largest absolute Gasteiger partial charge is 0.369 e. The smallest absolute Gasteiger partial charge is 0.202 e. The van der Waals surface area contributed by atoms with Crippen LogP contribution in [0.3, 0.4) is 0 Å². The van der Waals surface area contributed by atoms with Crippen molar-refractivity contribution in [1.82, 2.24) is 19.3 Å². The molecule has 0 amide bonds. The quantitative estimate of drug-likeness (QED) is 0.806. The predicted octanol–water partition coefficient (Wildman–Crippen LogP) is 2.62. The van der Waals surface area contributed by atoms with E-state index in [-0.39, 0.29) is 0 Å². The van der Waals surface area contributed by atoms with Crippen LogP contribution in [0.4, 0.5) is 5.95 Å². The zero-order chi connectivity index (χ0) is 14.3. The Hall–Kier alpha value is -2.01. The van der Waals surface area contributed by atoms with Crippen LogP contribution >= 0.6 is 11.6 Å². The van der Waals surface area contributed by atoms with Crippen LogP contribution in [0.1, 0.15) is 18.2 Å². The number of imidazole rings is 1. The van der Waals surface area contributed by atoms with E-state index in [2.05, 4.69) is 17.0 Å². The molecule has 3 aromatic rings. The molecule has 0 saturated carbocycles. The Morgan fingerprint density at radius 3 is 2.60 bits per heavy atom. The highest BCUT2D eigenvalue weighted by atomic mass is 35.5. The number of hydrogen-bond donors (Lipinski definition) is 1. The minimum atomic E-state index is 0.512. The fourth-order valence-electron chi connectivity index (χ4n) is 2.43. The van der Waals surface area contributed by atoms with E-state index in [9.17, 15) is 0 Å². The van der Waals surface area contributed by atoms with Gasteiger partial charge < -0.3 is 5.73 Å². The topological polar surface area (TPSA) is 61.7 Å². The van der Waals surface area contributed by atoms with E-state index in [4.69, 9.17) is 17.3 Å². The summed E-state index contributed by atoms with van der Waals surface area (Å²) in [6, 6.07) is 7.74. The van der Waals surface area contributed by atoms with Crippen molar-refractivity contribution in [3.63, 3.8) is 0 Å². The molecule has 0 atom stereocenters. The van der Waals surface area contributed by atoms with Crippen molar-refractivity contribution < 1.29 is 0 Å². The number of fused-ring (bicyclic) bond motifs is 1. The minimum absolute atomic E-state index is 0.512. The van der Waals surface area contributed by atoms with E-state index >= 15 is 0 Å². The molecule has 20 heavy (non-hydrogen) atoms. The van der Waals surface area contributed by atoms with Crippen LogP contribution in [0, 0.1) is 0 Å². The van der Waals surface area contributed by atoms with Crippen molar-refractivity contribution in [2.24, 2.45) is 7.05 Å². The number of hydrogen-bond acceptors (Lipinski definition) is 3. The first-order valence-electron chi connectivity index (χ1n) is 6.52. The van der Waals surface area contributed by atoms with Gasteiger partial charge in [0, 0.05) is 12.1 Å². The third-order valence-corrected chi connectivity index (χ3v) is 3.66. The number of nitrogen functional groups attached to an aromatic ring is 1. The van der Waals surface area contributed by atoms with Crippen LogP contribution in [0.25, 0.3) is 11.2 Å². The fourth-order valence-corrected chi connectivity index (χ4v) is 2.55. The highest BCUT2D eigenvalue weighted by Crippen LogP contribution is 2.22. The molecular formula is C14H16ClN5. The Morgan fingerprint density at radius 2 is 1.95 bits per heavy atom. The molecule has 2 aromatic heterocycles. The van der Waals surface area contributed by atoms with E-state index in [0.717, 1.165) is 33.9 Å². The van der Waals surface area contributed by atoms with Gasteiger partial charge in [-0.15, -0.1) is 0 Å². The molecule has 0 aliphatic carbocycles. The lowest BCUT2D eigenvalue weighted by atomic mass is 10.2. The molecule has 6 heteroatoms. The summed E-state index contributed by atoms with van der Waals surface area (Å²) in [5.41, 5.74) is 10.00. The first-order chi connectivity index (χ1) is 9.60. The molecule has 0 aliphatic heterocycles. The number of anilines is 1. The summed E-state index contributed by atoms with van der Waals surface area (Å²) in [6.07, 6.45) is 0.842. The summed E-state index contributed by atoms with van der Waals surface area (Å²) in [5.74, 6) is 0.512. The molecule has 104 valence electrons. The predicted molar refractivity (Wildman–Crippen MR) is 80.8 cm³/mol. The second-order valence-corrected chi connectivity index (χ2v) is 5.22. The molecule has 0 unspecified atom stereocenters. The molecular weight excluding hydrogens is 274 g/mol. The van der Waals surface area contributed by atoms with E-state index < -0.39 is 0 Å². The van der Waals surface area contributed by atoms with Crippen LogP contribution in [0.5, 0.6) is 0 Å². The van der Waals surface area contributed by atoms with Crippen molar-refractivity contribution >= 4 is 28.7 Å². The Bertz CT molecular complexity index is 754. The number of aryl methyl sites for hydroxylation is 2. The standard InChI is InChI=1S/C14H16ClN5/c1-3-11-12-13(19(2)18-11)20(14(16)17-12)8-9-4-6-10(15)7-5-9/h4-7H,3,8H2,1-2H3,(H2,16,17). The molecule has 0 bridgehead atoms. The Labute approximate surface area is 122 Å². The second-order valence-electron chi connectivity index (χ2n) is 4.78. The van der Waals surface area contributed by atoms with Crippen LogP contribution in [-0.2, 0) is 20.0 Å². The summed E-state index contributed by atoms with van der Waals surface area (Å²) in [6.45, 7) is 2.72. The summed E-state index contributed by atoms with van der Waals surface area (Å²) in [5, 5.41) is 5.21. The van der Waals surface area contributed by atoms with E-state index in [1.807, 2.05) is 40.6 Å². The number of nitrogens with two attached hydrogens (primary N) is 1. The minimum Gasteiger partial charge on any atom is -0.369 e. The molecule has 3 rings (SSSR count). The van der Waals surface area contributed by atoms with Crippen molar-refractivity contribution in [2.75, 3.05) is 5.73 Å². The first kappa shape index (κ1) is 13.0. The first-order valence-corrected chi connectivity index (χ1v) is 6.90. The van der Waals surface area contributed by atoms with Crippen LogP contribution in [-0.4, -0.2) is 19.3 Å². The Morgan fingerprint density at radius 1 is 1.25 bits per heavy atom. The summed E-state index contributed by atoms with van der Waals surface area (Å²) >= 11 is 5.91. The second kappa shape index (κ2) is 4.83. The Balaban J connectivity index is 2.09. The highest BCUT2D eigenvalue weighted by molar-refractivity contribution is 6.30. The molecule has 2 N–H and O–H groups in total. The lowest BCUT2D eigenvalue weighted by Gasteiger charge is -2.07. The number of rotatable bonds is 3. The molecule has 0 fully saturated rings. The van der Waals surface area contributed by atoms with Crippen LogP contribution < -0.4 is 5.73 Å². The third-order valence-electron chi connectivity index (χ3n) is 3.41. The van der Waals surface area contributed by atoms with Crippen molar-refractivity contribution in [2.45, 2.75) is 19.9 Å².